The number of aliphatic hydroxyl groups is 1. The Kier molecular flexibility index (Phi) is 8.01. The molecule has 1 N–H and O–H groups in total. The fourth-order valence-electron chi connectivity index (χ4n) is 2.80. The summed E-state index contributed by atoms with van der Waals surface area (Å²) >= 11 is 1.69. The summed E-state index contributed by atoms with van der Waals surface area (Å²) in [6, 6.07) is 20.3. The van der Waals surface area contributed by atoms with Crippen LogP contribution in [0.3, 0.4) is 0 Å². The zero-order valence-corrected chi connectivity index (χ0v) is 17.8. The lowest BCUT2D eigenvalue weighted by Crippen LogP contribution is -2.21. The monoisotopic (exact) mass is 390 g/mol. The maximum atomic E-state index is 13.7. The Labute approximate surface area is 162 Å². The number of aryl methyl sites for hydroxylation is 2. The van der Waals surface area contributed by atoms with Crippen LogP contribution in [0.25, 0.3) is 0 Å². The van der Waals surface area contributed by atoms with Gasteiger partial charge in [0, 0.05) is 22.8 Å². The molecule has 0 spiro atoms. The molecule has 0 saturated heterocycles. The summed E-state index contributed by atoms with van der Waals surface area (Å²) < 4.78 is 13.8. The van der Waals surface area contributed by atoms with E-state index in [9.17, 15) is 9.67 Å². The summed E-state index contributed by atoms with van der Waals surface area (Å²) in [5.41, 5.74) is 2.37. The first-order valence-corrected chi connectivity index (χ1v) is 12.4. The SMILES string of the molecule is CC(C)(C)SCC(O)P(=O)(CCc1ccccc1)CCc1ccccc1. The molecule has 0 saturated carbocycles. The van der Waals surface area contributed by atoms with Crippen LogP contribution < -0.4 is 0 Å². The van der Waals surface area contributed by atoms with Crippen LogP contribution in [-0.4, -0.2) is 33.8 Å². The van der Waals surface area contributed by atoms with Crippen LogP contribution in [0.1, 0.15) is 31.9 Å². The second kappa shape index (κ2) is 9.78. The van der Waals surface area contributed by atoms with Crippen molar-refractivity contribution < 1.29 is 9.67 Å². The first-order chi connectivity index (χ1) is 12.3. The molecule has 1 atom stereocenters. The molecule has 2 aromatic carbocycles. The van der Waals surface area contributed by atoms with E-state index < -0.39 is 13.0 Å². The fourth-order valence-corrected chi connectivity index (χ4v) is 6.85. The Morgan fingerprint density at radius 2 is 1.31 bits per heavy atom. The number of rotatable bonds is 9. The molecule has 0 aliphatic carbocycles. The summed E-state index contributed by atoms with van der Waals surface area (Å²) in [5, 5.41) is 10.8. The minimum Gasteiger partial charge on any atom is -0.385 e. The molecule has 2 aromatic rings. The normalized spacial score (nSPS) is 13.5. The second-order valence-corrected chi connectivity index (χ2v) is 13.0. The molecule has 0 aliphatic rings. The molecule has 0 fully saturated rings. The maximum absolute atomic E-state index is 13.7. The highest BCUT2D eigenvalue weighted by Crippen LogP contribution is 2.52. The van der Waals surface area contributed by atoms with E-state index in [0.29, 0.717) is 18.1 Å². The van der Waals surface area contributed by atoms with Crippen LogP contribution in [0.15, 0.2) is 60.7 Å². The van der Waals surface area contributed by atoms with Gasteiger partial charge in [0.25, 0.3) is 0 Å². The van der Waals surface area contributed by atoms with E-state index in [4.69, 9.17) is 0 Å². The standard InChI is InChI=1S/C22H31O2PS/c1-22(2,3)26-18-21(23)25(24,16-14-19-10-6-4-7-11-19)17-15-20-12-8-5-9-13-20/h4-13,21,23H,14-18H2,1-3H3. The third-order valence-electron chi connectivity index (χ3n) is 4.45. The van der Waals surface area contributed by atoms with Crippen molar-refractivity contribution in [2.75, 3.05) is 18.1 Å². The van der Waals surface area contributed by atoms with E-state index in [1.165, 1.54) is 11.1 Å². The summed E-state index contributed by atoms with van der Waals surface area (Å²) in [6.07, 6.45) is 2.64. The molecular formula is C22H31O2PS. The van der Waals surface area contributed by atoms with Crippen molar-refractivity contribution in [1.82, 2.24) is 0 Å². The number of aliphatic hydroxyl groups excluding tert-OH is 1. The minimum atomic E-state index is -2.69. The average Bonchev–Trinajstić information content (AvgIpc) is 2.64. The lowest BCUT2D eigenvalue weighted by atomic mass is 10.2. The number of hydrogen-bond acceptors (Lipinski definition) is 3. The molecule has 2 rings (SSSR count). The van der Waals surface area contributed by atoms with Gasteiger partial charge in [-0.15, -0.1) is 0 Å². The molecular weight excluding hydrogens is 359 g/mol. The van der Waals surface area contributed by atoms with Gasteiger partial charge in [0.05, 0.1) is 0 Å². The number of thioether (sulfide) groups is 1. The largest absolute Gasteiger partial charge is 0.385 e. The molecule has 4 heteroatoms. The van der Waals surface area contributed by atoms with Crippen molar-refractivity contribution in [2.45, 2.75) is 44.2 Å². The molecule has 0 radical (unpaired) electrons. The molecule has 1 unspecified atom stereocenters. The van der Waals surface area contributed by atoms with Gasteiger partial charge in [-0.3, -0.25) is 0 Å². The van der Waals surface area contributed by atoms with E-state index >= 15 is 0 Å². The lowest BCUT2D eigenvalue weighted by Gasteiger charge is -2.27. The topological polar surface area (TPSA) is 37.3 Å². The van der Waals surface area contributed by atoms with Gasteiger partial charge < -0.3 is 9.67 Å². The third-order valence-corrected chi connectivity index (χ3v) is 9.28. The molecule has 0 amide bonds. The zero-order chi connectivity index (χ0) is 19.0. The summed E-state index contributed by atoms with van der Waals surface area (Å²) in [4.78, 5) is 0. The molecule has 0 aromatic heterocycles. The Bertz CT molecular complexity index is 648. The predicted molar refractivity (Wildman–Crippen MR) is 116 cm³/mol. The van der Waals surface area contributed by atoms with Gasteiger partial charge in [-0.2, -0.15) is 11.8 Å². The van der Waals surface area contributed by atoms with Gasteiger partial charge >= 0.3 is 0 Å². The van der Waals surface area contributed by atoms with Gasteiger partial charge in [0.2, 0.25) is 0 Å². The highest BCUT2D eigenvalue weighted by Gasteiger charge is 2.32. The van der Waals surface area contributed by atoms with Crippen molar-refractivity contribution in [3.63, 3.8) is 0 Å². The number of benzene rings is 2. The quantitative estimate of drug-likeness (QED) is 0.559. The average molecular weight is 391 g/mol. The van der Waals surface area contributed by atoms with Gasteiger partial charge in [-0.25, -0.2) is 0 Å². The van der Waals surface area contributed by atoms with Gasteiger partial charge in [-0.1, -0.05) is 81.4 Å². The van der Waals surface area contributed by atoms with Crippen LogP contribution >= 0.6 is 18.9 Å². The smallest absolute Gasteiger partial charge is 0.116 e. The van der Waals surface area contributed by atoms with Crippen molar-refractivity contribution in [3.8, 4) is 0 Å². The fraction of sp³-hybridized carbons (Fsp3) is 0.455. The lowest BCUT2D eigenvalue weighted by molar-refractivity contribution is 0.270. The van der Waals surface area contributed by atoms with Gasteiger partial charge in [0.15, 0.2) is 0 Å². The van der Waals surface area contributed by atoms with Crippen LogP contribution in [-0.2, 0) is 17.4 Å². The van der Waals surface area contributed by atoms with E-state index in [1.54, 1.807) is 11.8 Å². The van der Waals surface area contributed by atoms with E-state index in [2.05, 4.69) is 45.0 Å². The van der Waals surface area contributed by atoms with E-state index in [1.807, 2.05) is 36.4 Å². The summed E-state index contributed by atoms with van der Waals surface area (Å²) in [7, 11) is -2.69. The predicted octanol–water partition coefficient (Wildman–Crippen LogP) is 5.69. The number of hydrogen-bond donors (Lipinski definition) is 1. The van der Waals surface area contributed by atoms with Crippen LogP contribution in [0, 0.1) is 0 Å². The molecule has 0 heterocycles. The molecule has 2 nitrogen and oxygen atoms in total. The Morgan fingerprint density at radius 3 is 1.69 bits per heavy atom. The van der Waals surface area contributed by atoms with Crippen LogP contribution in [0.2, 0.25) is 0 Å². The first kappa shape index (κ1) is 21.3. The molecule has 0 aliphatic heterocycles. The van der Waals surface area contributed by atoms with Crippen molar-refractivity contribution in [2.24, 2.45) is 0 Å². The van der Waals surface area contributed by atoms with Crippen molar-refractivity contribution >= 4 is 18.9 Å². The third kappa shape index (κ3) is 7.31. The highest BCUT2D eigenvalue weighted by molar-refractivity contribution is 8.00. The zero-order valence-electron chi connectivity index (χ0n) is 16.1. The first-order valence-electron chi connectivity index (χ1n) is 9.26. The van der Waals surface area contributed by atoms with Crippen molar-refractivity contribution in [1.29, 1.82) is 0 Å². The molecule has 26 heavy (non-hydrogen) atoms. The van der Waals surface area contributed by atoms with E-state index in [-0.39, 0.29) is 4.75 Å². The second-order valence-electron chi connectivity index (χ2n) is 7.77. The van der Waals surface area contributed by atoms with Gasteiger partial charge in [-0.05, 0) is 24.0 Å². The summed E-state index contributed by atoms with van der Waals surface area (Å²) in [5.74, 6) is -0.205. The Morgan fingerprint density at radius 1 is 0.885 bits per heavy atom. The van der Waals surface area contributed by atoms with Crippen molar-refractivity contribution in [3.05, 3.63) is 71.8 Å². The summed E-state index contributed by atoms with van der Waals surface area (Å²) in [6.45, 7) is 6.38. The molecule has 142 valence electrons. The van der Waals surface area contributed by atoms with Crippen LogP contribution in [0.5, 0.6) is 0 Å². The van der Waals surface area contributed by atoms with E-state index in [0.717, 1.165) is 12.8 Å². The van der Waals surface area contributed by atoms with Gasteiger partial charge in [0.1, 0.15) is 13.0 Å². The molecule has 0 bridgehead atoms. The minimum absolute atomic E-state index is 0.0602. The van der Waals surface area contributed by atoms with Crippen LogP contribution in [0.4, 0.5) is 0 Å². The highest BCUT2D eigenvalue weighted by atomic mass is 32.2. The maximum Gasteiger partial charge on any atom is 0.116 e. The Balaban J connectivity index is 2.06. The Hall–Kier alpha value is -1.02.